The molecule has 0 spiro atoms. The number of hydrogen-bond donors (Lipinski definition) is 2. The van der Waals surface area contributed by atoms with Crippen molar-refractivity contribution in [2.75, 3.05) is 26.2 Å². The normalized spacial score (nSPS) is 14.7. The van der Waals surface area contributed by atoms with E-state index in [4.69, 9.17) is 0 Å². The molecule has 1 aliphatic heterocycles. The fourth-order valence-corrected chi connectivity index (χ4v) is 3.78. The minimum atomic E-state index is 0.108. The molecule has 3 heterocycles. The van der Waals surface area contributed by atoms with Crippen LogP contribution in [0.4, 0.5) is 0 Å². The Hall–Kier alpha value is -3.02. The number of nitrogens with one attached hydrogen (secondary N) is 2. The number of carbonyl (C=O) groups is 2. The van der Waals surface area contributed by atoms with Gasteiger partial charge in [-0.05, 0) is 30.7 Å². The first kappa shape index (κ1) is 17.4. The molecule has 0 atom stereocenters. The summed E-state index contributed by atoms with van der Waals surface area (Å²) in [6, 6.07) is 11.9. The number of aromatic nitrogens is 2. The second kappa shape index (κ2) is 7.31. The third-order valence-electron chi connectivity index (χ3n) is 5.34. The van der Waals surface area contributed by atoms with Crippen LogP contribution in [0.3, 0.4) is 0 Å². The number of aromatic amines is 2. The first-order valence-electron chi connectivity index (χ1n) is 9.36. The van der Waals surface area contributed by atoms with Crippen molar-refractivity contribution in [1.82, 2.24) is 19.8 Å². The van der Waals surface area contributed by atoms with Crippen LogP contribution in [-0.4, -0.2) is 57.8 Å². The largest absolute Gasteiger partial charge is 0.365 e. The van der Waals surface area contributed by atoms with Crippen LogP contribution in [0.1, 0.15) is 17.0 Å². The van der Waals surface area contributed by atoms with Gasteiger partial charge in [0.25, 0.3) is 0 Å². The molecular weight excluding hydrogens is 340 g/mol. The monoisotopic (exact) mass is 364 g/mol. The van der Waals surface area contributed by atoms with Crippen LogP contribution < -0.4 is 0 Å². The first-order valence-corrected chi connectivity index (χ1v) is 9.36. The minimum Gasteiger partial charge on any atom is -0.365 e. The topological polar surface area (TPSA) is 72.2 Å². The Morgan fingerprint density at radius 2 is 1.59 bits per heavy atom. The predicted octanol–water partition coefficient (Wildman–Crippen LogP) is 2.26. The molecule has 6 nitrogen and oxygen atoms in total. The summed E-state index contributed by atoms with van der Waals surface area (Å²) >= 11 is 0. The Kier molecular flexibility index (Phi) is 4.71. The fourth-order valence-electron chi connectivity index (χ4n) is 3.78. The van der Waals surface area contributed by atoms with Crippen LogP contribution >= 0.6 is 0 Å². The Bertz CT molecular complexity index is 950. The van der Waals surface area contributed by atoms with E-state index in [1.165, 1.54) is 0 Å². The van der Waals surface area contributed by atoms with E-state index in [9.17, 15) is 9.59 Å². The lowest BCUT2D eigenvalue weighted by molar-refractivity contribution is -0.138. The number of piperazine rings is 1. The van der Waals surface area contributed by atoms with Gasteiger partial charge in [-0.25, -0.2) is 0 Å². The fraction of sp³-hybridized carbons (Fsp3) is 0.333. The van der Waals surface area contributed by atoms with Gasteiger partial charge in [-0.3, -0.25) is 9.59 Å². The number of amides is 2. The van der Waals surface area contributed by atoms with E-state index in [-0.39, 0.29) is 11.8 Å². The molecule has 2 aromatic heterocycles. The molecule has 1 saturated heterocycles. The van der Waals surface area contributed by atoms with Gasteiger partial charge in [0.05, 0.1) is 12.8 Å². The highest BCUT2D eigenvalue weighted by molar-refractivity contribution is 5.90. The molecule has 1 fully saturated rings. The Balaban J connectivity index is 1.36. The summed E-state index contributed by atoms with van der Waals surface area (Å²) < 4.78 is 0. The van der Waals surface area contributed by atoms with Crippen molar-refractivity contribution in [3.05, 3.63) is 59.5 Å². The third-order valence-corrected chi connectivity index (χ3v) is 5.34. The molecule has 0 aliphatic carbocycles. The molecule has 4 rings (SSSR count). The highest BCUT2D eigenvalue weighted by atomic mass is 16.2. The zero-order valence-electron chi connectivity index (χ0n) is 15.5. The molecule has 140 valence electrons. The second-order valence-electron chi connectivity index (χ2n) is 7.08. The molecule has 0 saturated carbocycles. The number of fused-ring (bicyclic) bond motifs is 1. The van der Waals surface area contributed by atoms with Crippen molar-refractivity contribution in [2.24, 2.45) is 0 Å². The van der Waals surface area contributed by atoms with Gasteiger partial charge in [0.1, 0.15) is 0 Å². The second-order valence-corrected chi connectivity index (χ2v) is 7.08. The Morgan fingerprint density at radius 3 is 2.26 bits per heavy atom. The van der Waals surface area contributed by atoms with Gasteiger partial charge in [-0.1, -0.05) is 18.2 Å². The van der Waals surface area contributed by atoms with Gasteiger partial charge in [-0.2, -0.15) is 0 Å². The summed E-state index contributed by atoms with van der Waals surface area (Å²) in [6.45, 7) is 4.39. The van der Waals surface area contributed by atoms with Gasteiger partial charge in [0.2, 0.25) is 11.8 Å². The third kappa shape index (κ3) is 3.60. The van der Waals surface area contributed by atoms with Gasteiger partial charge in [0, 0.05) is 54.7 Å². The Morgan fingerprint density at radius 1 is 0.926 bits per heavy atom. The molecule has 27 heavy (non-hydrogen) atoms. The summed E-state index contributed by atoms with van der Waals surface area (Å²) in [5.41, 5.74) is 4.11. The van der Waals surface area contributed by atoms with Crippen LogP contribution in [0.2, 0.25) is 0 Å². The summed E-state index contributed by atoms with van der Waals surface area (Å²) in [4.78, 5) is 35.3. The van der Waals surface area contributed by atoms with E-state index in [2.05, 4.69) is 16.0 Å². The summed E-state index contributed by atoms with van der Waals surface area (Å²) in [7, 11) is 0. The van der Waals surface area contributed by atoms with Gasteiger partial charge in [-0.15, -0.1) is 0 Å². The molecule has 2 amide bonds. The van der Waals surface area contributed by atoms with Crippen LogP contribution in [0.5, 0.6) is 0 Å². The van der Waals surface area contributed by atoms with Gasteiger partial charge >= 0.3 is 0 Å². The lowest BCUT2D eigenvalue weighted by Gasteiger charge is -2.35. The lowest BCUT2D eigenvalue weighted by Crippen LogP contribution is -2.51. The molecule has 2 N–H and O–H groups in total. The van der Waals surface area contributed by atoms with Crippen LogP contribution in [0.15, 0.2) is 42.6 Å². The zero-order valence-corrected chi connectivity index (χ0v) is 15.5. The number of hydrogen-bond acceptors (Lipinski definition) is 2. The maximum atomic E-state index is 12.8. The zero-order chi connectivity index (χ0) is 18.8. The molecular formula is C21H24N4O2. The number of carbonyl (C=O) groups excluding carboxylic acids is 2. The molecule has 0 bridgehead atoms. The van der Waals surface area contributed by atoms with E-state index in [0.29, 0.717) is 39.0 Å². The van der Waals surface area contributed by atoms with E-state index < -0.39 is 0 Å². The quantitative estimate of drug-likeness (QED) is 0.745. The van der Waals surface area contributed by atoms with Crippen molar-refractivity contribution in [2.45, 2.75) is 19.8 Å². The minimum absolute atomic E-state index is 0.108. The van der Waals surface area contributed by atoms with E-state index in [0.717, 1.165) is 27.9 Å². The predicted molar refractivity (Wildman–Crippen MR) is 104 cm³/mol. The van der Waals surface area contributed by atoms with E-state index in [1.54, 1.807) is 0 Å². The van der Waals surface area contributed by atoms with Gasteiger partial charge in [0.15, 0.2) is 0 Å². The molecule has 0 radical (unpaired) electrons. The first-order chi connectivity index (χ1) is 13.1. The SMILES string of the molecule is Cc1[nH]c2ccccc2c1CC(=O)N1CCN(C(=O)Cc2ccc[nH]2)CC1. The summed E-state index contributed by atoms with van der Waals surface area (Å²) in [6.07, 6.45) is 2.60. The van der Waals surface area contributed by atoms with E-state index in [1.807, 2.05) is 53.3 Å². The van der Waals surface area contributed by atoms with Crippen LogP contribution in [0, 0.1) is 6.92 Å². The molecule has 0 unspecified atom stereocenters. The number of aryl methyl sites for hydroxylation is 1. The number of nitrogens with zero attached hydrogens (tertiary/aromatic N) is 2. The maximum absolute atomic E-state index is 12.8. The average molecular weight is 364 g/mol. The van der Waals surface area contributed by atoms with Crippen molar-refractivity contribution >= 4 is 22.7 Å². The number of rotatable bonds is 4. The summed E-state index contributed by atoms with van der Waals surface area (Å²) in [5.74, 6) is 0.233. The van der Waals surface area contributed by atoms with Crippen molar-refractivity contribution in [3.8, 4) is 0 Å². The number of H-pyrrole nitrogens is 2. The van der Waals surface area contributed by atoms with Crippen molar-refractivity contribution < 1.29 is 9.59 Å². The molecule has 1 aromatic carbocycles. The lowest BCUT2D eigenvalue weighted by atomic mass is 10.1. The number of benzene rings is 1. The molecule has 6 heteroatoms. The number of para-hydroxylation sites is 1. The smallest absolute Gasteiger partial charge is 0.228 e. The van der Waals surface area contributed by atoms with Gasteiger partial charge < -0.3 is 19.8 Å². The summed E-state index contributed by atoms with van der Waals surface area (Å²) in [5, 5.41) is 1.11. The van der Waals surface area contributed by atoms with Crippen molar-refractivity contribution in [1.29, 1.82) is 0 Å². The molecule has 1 aliphatic rings. The van der Waals surface area contributed by atoms with Crippen molar-refractivity contribution in [3.63, 3.8) is 0 Å². The van der Waals surface area contributed by atoms with E-state index >= 15 is 0 Å². The molecule has 3 aromatic rings. The Labute approximate surface area is 158 Å². The highest BCUT2D eigenvalue weighted by Crippen LogP contribution is 2.23. The van der Waals surface area contributed by atoms with Crippen LogP contribution in [0.25, 0.3) is 10.9 Å². The maximum Gasteiger partial charge on any atom is 0.228 e. The average Bonchev–Trinajstić information content (AvgIpc) is 3.30. The van der Waals surface area contributed by atoms with Crippen LogP contribution in [-0.2, 0) is 22.4 Å². The highest BCUT2D eigenvalue weighted by Gasteiger charge is 2.25. The standard InChI is InChI=1S/C21H24N4O2/c1-15-18(17-6-2-3-7-19(17)23-15)14-21(27)25-11-9-24(10-12-25)20(26)13-16-5-4-8-22-16/h2-8,22-23H,9-14H2,1H3.